The Morgan fingerprint density at radius 3 is 1.14 bits per heavy atom. The van der Waals surface area contributed by atoms with Crippen molar-refractivity contribution in [3.8, 4) is 0 Å². The molecule has 0 unspecified atom stereocenters. The summed E-state index contributed by atoms with van der Waals surface area (Å²) < 4.78 is 265. The van der Waals surface area contributed by atoms with E-state index in [-0.39, 0.29) is 0 Å². The minimum Gasteiger partial charge on any atom is -0.478 e. The zero-order valence-corrected chi connectivity index (χ0v) is 16.1. The molecule has 36 heavy (non-hydrogen) atoms. The average molecular weight is 605 g/mol. The fraction of sp³-hybridized carbons (Fsp3) is 0.727. The van der Waals surface area contributed by atoms with E-state index in [1.165, 1.54) is 0 Å². The van der Waals surface area contributed by atoms with Crippen molar-refractivity contribution in [2.75, 3.05) is 0 Å². The van der Waals surface area contributed by atoms with Gasteiger partial charge in [0.2, 0.25) is 0 Å². The molecule has 0 heterocycles. The normalized spacial score (nSPS) is 16.5. The first-order valence-electron chi connectivity index (χ1n) is 7.26. The lowest BCUT2D eigenvalue weighted by molar-refractivity contribution is -0.382. The summed E-state index contributed by atoms with van der Waals surface area (Å²) >= 11 is 0. The fourth-order valence-corrected chi connectivity index (χ4v) is 2.77. The van der Waals surface area contributed by atoms with Crippen LogP contribution in [0, 0.1) is 0 Å². The molecular weight excluding hydrogens is 603 g/mol. The molecule has 0 aromatic heterocycles. The molecule has 0 saturated heterocycles. The SMILES string of the molecule is O=C(O)C(=C(NS(=O)(=O)C(F)(F)C(F)(F)C(F)(F)C(F)(F)F)C(F)(F)C(F)(F)F)C(F)(F)C(F)(F)F. The number of hydrogen-bond acceptors (Lipinski definition) is 3. The number of halogens is 19. The highest BCUT2D eigenvalue weighted by molar-refractivity contribution is 7.90. The Bertz CT molecular complexity index is 1000. The van der Waals surface area contributed by atoms with E-state index in [1.54, 1.807) is 0 Å². The lowest BCUT2D eigenvalue weighted by Crippen LogP contribution is -2.65. The maximum Gasteiger partial charge on any atom is 0.460 e. The molecule has 0 atom stereocenters. The quantitative estimate of drug-likeness (QED) is 0.300. The van der Waals surface area contributed by atoms with Crippen LogP contribution in [0.15, 0.2) is 11.3 Å². The summed E-state index contributed by atoms with van der Waals surface area (Å²) in [5.74, 6) is -36.2. The van der Waals surface area contributed by atoms with Crippen molar-refractivity contribution in [3.63, 3.8) is 0 Å². The first kappa shape index (κ1) is 33.6. The second-order valence-electron chi connectivity index (χ2n) is 5.97. The van der Waals surface area contributed by atoms with Crippen LogP contribution in [0.5, 0.6) is 0 Å². The zero-order valence-electron chi connectivity index (χ0n) is 15.3. The number of hydrogen-bond donors (Lipinski definition) is 2. The number of carboxylic acids is 1. The predicted octanol–water partition coefficient (Wildman–Crippen LogP) is 5.07. The van der Waals surface area contributed by atoms with Crippen LogP contribution in [0.25, 0.3) is 0 Å². The molecule has 0 aromatic rings. The lowest BCUT2D eigenvalue weighted by atomic mass is 10.0. The molecule has 5 nitrogen and oxygen atoms in total. The van der Waals surface area contributed by atoms with Gasteiger partial charge in [0.15, 0.2) is 0 Å². The highest BCUT2D eigenvalue weighted by Crippen LogP contribution is 2.55. The van der Waals surface area contributed by atoms with Gasteiger partial charge >= 0.3 is 63.5 Å². The Morgan fingerprint density at radius 2 is 0.889 bits per heavy atom. The minimum absolute atomic E-state index is 1.44. The van der Waals surface area contributed by atoms with E-state index in [2.05, 4.69) is 0 Å². The van der Waals surface area contributed by atoms with Gasteiger partial charge in [-0.2, -0.15) is 91.8 Å². The molecule has 0 aliphatic rings. The molecule has 0 fully saturated rings. The van der Waals surface area contributed by atoms with E-state index in [4.69, 9.17) is 5.11 Å². The van der Waals surface area contributed by atoms with E-state index in [9.17, 15) is 96.6 Å². The average Bonchev–Trinajstić information content (AvgIpc) is 2.56. The number of nitrogens with one attached hydrogen (secondary N) is 1. The summed E-state index contributed by atoms with van der Waals surface area (Å²) in [5.41, 5.74) is -9.81. The van der Waals surface area contributed by atoms with Gasteiger partial charge in [-0.15, -0.1) is 0 Å². The van der Waals surface area contributed by atoms with E-state index in [1.807, 2.05) is 0 Å². The molecule has 0 aliphatic heterocycles. The second kappa shape index (κ2) is 8.59. The molecule has 0 saturated carbocycles. The van der Waals surface area contributed by atoms with Gasteiger partial charge in [-0.3, -0.25) is 4.72 Å². The lowest BCUT2D eigenvalue weighted by Gasteiger charge is -2.34. The van der Waals surface area contributed by atoms with Crippen LogP contribution < -0.4 is 4.72 Å². The third kappa shape index (κ3) is 5.05. The van der Waals surface area contributed by atoms with Gasteiger partial charge in [0.1, 0.15) is 11.3 Å². The van der Waals surface area contributed by atoms with E-state index < -0.39 is 79.5 Å². The maximum absolute atomic E-state index is 13.6. The predicted molar refractivity (Wildman–Crippen MR) is 69.6 cm³/mol. The third-order valence-electron chi connectivity index (χ3n) is 3.49. The maximum atomic E-state index is 13.6. The van der Waals surface area contributed by atoms with Crippen molar-refractivity contribution < 1.29 is 102 Å². The van der Waals surface area contributed by atoms with Crippen LogP contribution in [0.4, 0.5) is 83.4 Å². The van der Waals surface area contributed by atoms with Crippen LogP contribution in [0.2, 0.25) is 0 Å². The third-order valence-corrected chi connectivity index (χ3v) is 4.90. The van der Waals surface area contributed by atoms with Crippen molar-refractivity contribution in [2.45, 2.75) is 47.5 Å². The largest absolute Gasteiger partial charge is 0.478 e. The van der Waals surface area contributed by atoms with Gasteiger partial charge < -0.3 is 5.11 Å². The summed E-state index contributed by atoms with van der Waals surface area (Å²) in [6.07, 6.45) is -23.1. The van der Waals surface area contributed by atoms with Gasteiger partial charge in [0, 0.05) is 0 Å². The van der Waals surface area contributed by atoms with Gasteiger partial charge in [0.25, 0.3) is 0 Å². The van der Waals surface area contributed by atoms with E-state index in [0.717, 1.165) is 0 Å². The highest BCUT2D eigenvalue weighted by Gasteiger charge is 2.86. The van der Waals surface area contributed by atoms with Gasteiger partial charge in [-0.05, 0) is 0 Å². The summed E-state index contributed by atoms with van der Waals surface area (Å²) in [6.45, 7) is 0. The Morgan fingerprint density at radius 1 is 0.556 bits per heavy atom. The molecule has 0 bridgehead atoms. The topological polar surface area (TPSA) is 83.5 Å². The number of carbonyl (C=O) groups is 1. The summed E-state index contributed by atoms with van der Waals surface area (Å²) in [7, 11) is -8.80. The molecule has 2 N–H and O–H groups in total. The summed E-state index contributed by atoms with van der Waals surface area (Å²) in [6, 6.07) is 0. The number of alkyl halides is 19. The fourth-order valence-electron chi connectivity index (χ4n) is 1.68. The van der Waals surface area contributed by atoms with Crippen molar-refractivity contribution in [3.05, 3.63) is 11.3 Å². The van der Waals surface area contributed by atoms with Crippen LogP contribution in [0.1, 0.15) is 0 Å². The van der Waals surface area contributed by atoms with E-state index >= 15 is 0 Å². The second-order valence-corrected chi connectivity index (χ2v) is 7.69. The van der Waals surface area contributed by atoms with Crippen LogP contribution >= 0.6 is 0 Å². The molecule has 0 spiro atoms. The molecule has 0 aliphatic carbocycles. The number of aliphatic carboxylic acids is 1. The monoisotopic (exact) mass is 605 g/mol. The van der Waals surface area contributed by atoms with Crippen molar-refractivity contribution in [1.29, 1.82) is 0 Å². The Labute approximate surface area is 182 Å². The number of rotatable bonds is 8. The molecule has 0 rings (SSSR count). The smallest absolute Gasteiger partial charge is 0.460 e. The van der Waals surface area contributed by atoms with Gasteiger partial charge in [-0.1, -0.05) is 0 Å². The van der Waals surface area contributed by atoms with Crippen molar-refractivity contribution in [1.82, 2.24) is 4.72 Å². The molecular formula is C11H2F19NO4S. The highest BCUT2D eigenvalue weighted by atomic mass is 32.2. The molecule has 214 valence electrons. The Balaban J connectivity index is 7.66. The van der Waals surface area contributed by atoms with Gasteiger partial charge in [0.05, 0.1) is 0 Å². The molecule has 0 aromatic carbocycles. The first-order chi connectivity index (χ1) is 15.2. The minimum atomic E-state index is -8.80. The standard InChI is InChI=1S/C11H2F19NO4S/c12-4(13,8(20,21)22)1(3(32)33)2(5(14,15)9(23,24)25)31-36(34,35)11(29,30)7(18,19)6(16,17)10(26,27)28/h31H,(H,32,33). The molecule has 0 radical (unpaired) electrons. The van der Waals surface area contributed by atoms with Gasteiger partial charge in [-0.25, -0.2) is 4.79 Å². The number of allylic oxidation sites excluding steroid dienone is 1. The number of carboxylic acid groups (broad SMARTS) is 1. The Kier molecular flexibility index (Phi) is 8.03. The van der Waals surface area contributed by atoms with E-state index in [0.29, 0.717) is 0 Å². The van der Waals surface area contributed by atoms with Crippen molar-refractivity contribution in [2.24, 2.45) is 0 Å². The number of sulfonamides is 1. The van der Waals surface area contributed by atoms with Crippen LogP contribution in [-0.4, -0.2) is 67.0 Å². The van der Waals surface area contributed by atoms with Crippen LogP contribution in [-0.2, 0) is 14.8 Å². The molecule has 25 heteroatoms. The summed E-state index contributed by atoms with van der Waals surface area (Å²) in [5, 5.41) is 0.0285. The first-order valence-corrected chi connectivity index (χ1v) is 8.74. The Hall–Kier alpha value is -2.37. The zero-order chi connectivity index (χ0) is 29.9. The summed E-state index contributed by atoms with van der Waals surface area (Å²) in [4.78, 5) is 10.7. The van der Waals surface area contributed by atoms with Crippen molar-refractivity contribution >= 4 is 16.0 Å². The molecule has 0 amide bonds. The van der Waals surface area contributed by atoms with Crippen LogP contribution in [0.3, 0.4) is 0 Å².